The molecule has 1 saturated carbocycles. The van der Waals surface area contributed by atoms with Gasteiger partial charge in [0.25, 0.3) is 0 Å². The molecule has 0 amide bonds. The summed E-state index contributed by atoms with van der Waals surface area (Å²) in [5.41, 5.74) is 1.46. The van der Waals surface area contributed by atoms with Crippen molar-refractivity contribution in [3.8, 4) is 5.75 Å². The van der Waals surface area contributed by atoms with Crippen LogP contribution in [0.4, 0.5) is 0 Å². The molecular formula is C15H23NO2. The van der Waals surface area contributed by atoms with Crippen LogP contribution in [-0.2, 0) is 6.42 Å². The van der Waals surface area contributed by atoms with Crippen LogP contribution in [0.2, 0.25) is 0 Å². The smallest absolute Gasteiger partial charge is 0.119 e. The second-order valence-electron chi connectivity index (χ2n) is 5.29. The van der Waals surface area contributed by atoms with Crippen LogP contribution in [-0.4, -0.2) is 31.9 Å². The number of ether oxygens (including phenoxy) is 1. The van der Waals surface area contributed by atoms with E-state index in [0.717, 1.165) is 38.1 Å². The lowest BCUT2D eigenvalue weighted by Gasteiger charge is -2.40. The molecule has 100 valence electrons. The summed E-state index contributed by atoms with van der Waals surface area (Å²) < 4.78 is 5.21. The highest BCUT2D eigenvalue weighted by molar-refractivity contribution is 5.28. The molecule has 0 aromatic heterocycles. The Morgan fingerprint density at radius 3 is 2.83 bits per heavy atom. The fraction of sp³-hybridized carbons (Fsp3) is 0.600. The molecule has 0 bridgehead atoms. The Morgan fingerprint density at radius 2 is 2.22 bits per heavy atom. The number of rotatable bonds is 7. The van der Waals surface area contributed by atoms with Gasteiger partial charge in [-0.05, 0) is 43.5 Å². The van der Waals surface area contributed by atoms with Gasteiger partial charge in [-0.1, -0.05) is 18.6 Å². The first-order valence-corrected chi connectivity index (χ1v) is 6.72. The molecule has 1 aromatic carbocycles. The number of hydrogen-bond donors (Lipinski definition) is 2. The van der Waals surface area contributed by atoms with E-state index in [1.165, 1.54) is 12.0 Å². The highest BCUT2D eigenvalue weighted by Crippen LogP contribution is 2.39. The summed E-state index contributed by atoms with van der Waals surface area (Å²) in [5.74, 6) is 0.915. The third kappa shape index (κ3) is 3.24. The summed E-state index contributed by atoms with van der Waals surface area (Å²) in [5, 5.41) is 12.8. The maximum Gasteiger partial charge on any atom is 0.119 e. The first-order valence-electron chi connectivity index (χ1n) is 6.72. The summed E-state index contributed by atoms with van der Waals surface area (Å²) >= 11 is 0. The van der Waals surface area contributed by atoms with Crippen molar-refractivity contribution in [2.24, 2.45) is 5.41 Å². The SMILES string of the molecule is COc1cccc(CCNCC2(CO)CCC2)c1. The van der Waals surface area contributed by atoms with E-state index in [4.69, 9.17) is 4.74 Å². The van der Waals surface area contributed by atoms with E-state index in [2.05, 4.69) is 17.4 Å². The van der Waals surface area contributed by atoms with Crippen molar-refractivity contribution in [1.29, 1.82) is 0 Å². The molecule has 2 N–H and O–H groups in total. The Labute approximate surface area is 109 Å². The van der Waals surface area contributed by atoms with Crippen molar-refractivity contribution < 1.29 is 9.84 Å². The van der Waals surface area contributed by atoms with Gasteiger partial charge in [0.15, 0.2) is 0 Å². The predicted octanol–water partition coefficient (Wildman–Crippen LogP) is 1.99. The second-order valence-corrected chi connectivity index (χ2v) is 5.29. The first-order chi connectivity index (χ1) is 8.78. The lowest BCUT2D eigenvalue weighted by atomic mass is 9.69. The van der Waals surface area contributed by atoms with Crippen molar-refractivity contribution in [2.75, 3.05) is 26.8 Å². The largest absolute Gasteiger partial charge is 0.497 e. The zero-order valence-corrected chi connectivity index (χ0v) is 11.1. The van der Waals surface area contributed by atoms with E-state index in [9.17, 15) is 5.11 Å². The van der Waals surface area contributed by atoms with Gasteiger partial charge < -0.3 is 15.2 Å². The fourth-order valence-electron chi connectivity index (χ4n) is 2.48. The minimum atomic E-state index is 0.175. The van der Waals surface area contributed by atoms with E-state index >= 15 is 0 Å². The molecule has 0 atom stereocenters. The molecule has 2 rings (SSSR count). The summed E-state index contributed by atoms with van der Waals surface area (Å²) in [6.07, 6.45) is 4.59. The van der Waals surface area contributed by atoms with Gasteiger partial charge in [-0.25, -0.2) is 0 Å². The highest BCUT2D eigenvalue weighted by Gasteiger charge is 2.35. The summed E-state index contributed by atoms with van der Waals surface area (Å²) in [6, 6.07) is 8.18. The summed E-state index contributed by atoms with van der Waals surface area (Å²) in [7, 11) is 1.69. The average molecular weight is 249 g/mol. The van der Waals surface area contributed by atoms with Crippen molar-refractivity contribution in [3.05, 3.63) is 29.8 Å². The van der Waals surface area contributed by atoms with Crippen LogP contribution in [0.5, 0.6) is 5.75 Å². The van der Waals surface area contributed by atoms with Gasteiger partial charge in [0.05, 0.1) is 7.11 Å². The van der Waals surface area contributed by atoms with E-state index in [1.807, 2.05) is 12.1 Å². The second kappa shape index (κ2) is 6.21. The van der Waals surface area contributed by atoms with E-state index < -0.39 is 0 Å². The third-order valence-corrected chi connectivity index (χ3v) is 3.97. The Morgan fingerprint density at radius 1 is 1.39 bits per heavy atom. The zero-order chi connectivity index (χ0) is 12.8. The molecule has 3 heteroatoms. The van der Waals surface area contributed by atoms with Crippen molar-refractivity contribution in [1.82, 2.24) is 5.32 Å². The molecule has 1 fully saturated rings. The molecule has 0 heterocycles. The average Bonchev–Trinajstić information content (AvgIpc) is 2.37. The molecule has 1 aromatic rings. The number of methoxy groups -OCH3 is 1. The van der Waals surface area contributed by atoms with Crippen LogP contribution in [0.3, 0.4) is 0 Å². The number of aliphatic hydroxyl groups is 1. The molecule has 1 aliphatic rings. The molecule has 0 spiro atoms. The monoisotopic (exact) mass is 249 g/mol. The minimum absolute atomic E-state index is 0.175. The Hall–Kier alpha value is -1.06. The topological polar surface area (TPSA) is 41.5 Å². The standard InChI is InChI=1S/C15H23NO2/c1-18-14-5-2-4-13(10-14)6-9-16-11-15(12-17)7-3-8-15/h2,4-5,10,16-17H,3,6-9,11-12H2,1H3. The number of hydrogen-bond acceptors (Lipinski definition) is 3. The van der Waals surface area contributed by atoms with Gasteiger partial charge in [0.2, 0.25) is 0 Å². The van der Waals surface area contributed by atoms with Crippen LogP contribution in [0.15, 0.2) is 24.3 Å². The maximum atomic E-state index is 9.36. The summed E-state index contributed by atoms with van der Waals surface area (Å²) in [6.45, 7) is 2.21. The minimum Gasteiger partial charge on any atom is -0.497 e. The van der Waals surface area contributed by atoms with Crippen LogP contribution < -0.4 is 10.1 Å². The molecular weight excluding hydrogens is 226 g/mol. The third-order valence-electron chi connectivity index (χ3n) is 3.97. The van der Waals surface area contributed by atoms with Gasteiger partial charge in [-0.15, -0.1) is 0 Å². The van der Waals surface area contributed by atoms with Gasteiger partial charge >= 0.3 is 0 Å². The lowest BCUT2D eigenvalue weighted by Crippen LogP contribution is -2.43. The van der Waals surface area contributed by atoms with E-state index in [-0.39, 0.29) is 5.41 Å². The van der Waals surface area contributed by atoms with Crippen molar-refractivity contribution >= 4 is 0 Å². The van der Waals surface area contributed by atoms with E-state index in [0.29, 0.717) is 6.61 Å². The van der Waals surface area contributed by atoms with E-state index in [1.54, 1.807) is 7.11 Å². The molecule has 0 unspecified atom stereocenters. The quantitative estimate of drug-likeness (QED) is 0.726. The normalized spacial score (nSPS) is 17.2. The number of nitrogens with one attached hydrogen (secondary N) is 1. The van der Waals surface area contributed by atoms with Gasteiger partial charge in [0.1, 0.15) is 5.75 Å². The molecule has 0 aliphatic heterocycles. The fourth-order valence-corrected chi connectivity index (χ4v) is 2.48. The highest BCUT2D eigenvalue weighted by atomic mass is 16.5. The van der Waals surface area contributed by atoms with Crippen molar-refractivity contribution in [3.63, 3.8) is 0 Å². The molecule has 3 nitrogen and oxygen atoms in total. The lowest BCUT2D eigenvalue weighted by molar-refractivity contribution is 0.0451. The van der Waals surface area contributed by atoms with Crippen LogP contribution >= 0.6 is 0 Å². The maximum absolute atomic E-state index is 9.36. The number of aliphatic hydroxyl groups excluding tert-OH is 1. The molecule has 1 aliphatic carbocycles. The van der Waals surface area contributed by atoms with Gasteiger partial charge in [0, 0.05) is 18.6 Å². The Bertz CT molecular complexity index is 369. The van der Waals surface area contributed by atoms with Crippen LogP contribution in [0.25, 0.3) is 0 Å². The Kier molecular flexibility index (Phi) is 4.61. The number of benzene rings is 1. The van der Waals surface area contributed by atoms with Crippen LogP contribution in [0, 0.1) is 5.41 Å². The molecule has 0 radical (unpaired) electrons. The van der Waals surface area contributed by atoms with Crippen molar-refractivity contribution in [2.45, 2.75) is 25.7 Å². The Balaban J connectivity index is 1.71. The molecule has 18 heavy (non-hydrogen) atoms. The van der Waals surface area contributed by atoms with Crippen LogP contribution in [0.1, 0.15) is 24.8 Å². The molecule has 0 saturated heterocycles. The van der Waals surface area contributed by atoms with Gasteiger partial charge in [-0.3, -0.25) is 0 Å². The predicted molar refractivity (Wildman–Crippen MR) is 72.9 cm³/mol. The summed E-state index contributed by atoms with van der Waals surface area (Å²) in [4.78, 5) is 0. The first kappa shape index (κ1) is 13.4. The van der Waals surface area contributed by atoms with Gasteiger partial charge in [-0.2, -0.15) is 0 Å². The zero-order valence-electron chi connectivity index (χ0n) is 11.1.